The van der Waals surface area contributed by atoms with Crippen LogP contribution < -0.4 is 0 Å². The van der Waals surface area contributed by atoms with Crippen molar-refractivity contribution in [1.82, 2.24) is 0 Å². The first-order valence-electron chi connectivity index (χ1n) is 4.21. The third-order valence-corrected chi connectivity index (χ3v) is 2.18. The molecule has 0 radical (unpaired) electrons. The minimum absolute atomic E-state index is 0.459. The minimum atomic E-state index is -2.82. The number of esters is 1. The molecule has 0 N–H and O–H groups in total. The summed E-state index contributed by atoms with van der Waals surface area (Å²) in [5.74, 6) is -1.42. The van der Waals surface area contributed by atoms with Crippen LogP contribution in [0.15, 0.2) is 0 Å². The molecule has 0 aliphatic heterocycles. The highest BCUT2D eigenvalue weighted by molar-refractivity contribution is 6.19. The Hall–Kier alpha value is -0.380. The van der Waals surface area contributed by atoms with Crippen molar-refractivity contribution in [2.45, 2.75) is 39.7 Å². The first-order valence-corrected chi connectivity index (χ1v) is 4.74. The first-order chi connectivity index (χ1) is 6.13. The normalized spacial score (nSPS) is 16.6. The van der Waals surface area contributed by atoms with Gasteiger partial charge in [0.05, 0.1) is 0 Å². The molecule has 1 unspecified atom stereocenters. The maximum absolute atomic E-state index is 12.5. The molecule has 1 atom stereocenters. The van der Waals surface area contributed by atoms with E-state index in [0.29, 0.717) is 0 Å². The molecule has 2 nitrogen and oxygen atoms in total. The number of carbonyl (C=O) groups is 1. The zero-order chi connectivity index (χ0) is 11.6. The molecule has 0 saturated heterocycles. The molecule has 0 aromatic carbocycles. The largest absolute Gasteiger partial charge is 0.459 e. The molecule has 0 aromatic rings. The molecule has 0 aliphatic rings. The predicted molar refractivity (Wildman–Crippen MR) is 50.7 cm³/mol. The van der Waals surface area contributed by atoms with Crippen molar-refractivity contribution >= 4 is 17.6 Å². The summed E-state index contributed by atoms with van der Waals surface area (Å²) in [6.45, 7) is 5.94. The highest BCUT2D eigenvalue weighted by atomic mass is 35.5. The number of hydrogen-bond donors (Lipinski definition) is 0. The standard InChI is InChI=1S/C9H15ClF2O2/c1-8(2,3)14-7(13)9(4,5-10)6(11)12/h6H,5H2,1-4H3. The molecule has 0 fully saturated rings. The summed E-state index contributed by atoms with van der Waals surface area (Å²) in [6, 6.07) is 0. The molecule has 0 aliphatic carbocycles. The highest BCUT2D eigenvalue weighted by Gasteiger charge is 2.44. The Kier molecular flexibility index (Phi) is 4.31. The lowest BCUT2D eigenvalue weighted by molar-refractivity contribution is -0.173. The number of rotatable bonds is 3. The number of carbonyl (C=O) groups excluding carboxylic acids is 1. The van der Waals surface area contributed by atoms with Gasteiger partial charge < -0.3 is 4.74 Å². The van der Waals surface area contributed by atoms with E-state index in [9.17, 15) is 13.6 Å². The smallest absolute Gasteiger partial charge is 0.319 e. The van der Waals surface area contributed by atoms with Gasteiger partial charge in [-0.3, -0.25) is 4.79 Å². The van der Waals surface area contributed by atoms with E-state index in [1.165, 1.54) is 0 Å². The van der Waals surface area contributed by atoms with E-state index >= 15 is 0 Å². The Morgan fingerprint density at radius 3 is 2.00 bits per heavy atom. The van der Waals surface area contributed by atoms with Crippen molar-refractivity contribution in [3.63, 3.8) is 0 Å². The summed E-state index contributed by atoms with van der Waals surface area (Å²) in [4.78, 5) is 11.4. The fraction of sp³-hybridized carbons (Fsp3) is 0.889. The first kappa shape index (κ1) is 13.6. The molecular formula is C9H15ClF2O2. The quantitative estimate of drug-likeness (QED) is 0.549. The summed E-state index contributed by atoms with van der Waals surface area (Å²) in [7, 11) is 0. The molecule has 84 valence electrons. The Morgan fingerprint density at radius 1 is 1.36 bits per heavy atom. The number of hydrogen-bond acceptors (Lipinski definition) is 2. The van der Waals surface area contributed by atoms with Crippen molar-refractivity contribution < 1.29 is 18.3 Å². The molecule has 5 heteroatoms. The van der Waals surface area contributed by atoms with Crippen molar-refractivity contribution in [2.75, 3.05) is 5.88 Å². The number of halogens is 3. The van der Waals surface area contributed by atoms with Crippen LogP contribution in [0.3, 0.4) is 0 Å². The third kappa shape index (κ3) is 3.40. The van der Waals surface area contributed by atoms with E-state index in [0.717, 1.165) is 6.92 Å². The molecule has 0 saturated carbocycles. The van der Waals surface area contributed by atoms with Gasteiger partial charge in [-0.1, -0.05) is 0 Å². The van der Waals surface area contributed by atoms with Crippen LogP contribution in [0.1, 0.15) is 27.7 Å². The Balaban J connectivity index is 4.64. The Bertz CT molecular complexity index is 213. The van der Waals surface area contributed by atoms with Gasteiger partial charge in [0.15, 0.2) is 0 Å². The monoisotopic (exact) mass is 228 g/mol. The van der Waals surface area contributed by atoms with Gasteiger partial charge in [-0.15, -0.1) is 11.6 Å². The zero-order valence-electron chi connectivity index (χ0n) is 8.73. The lowest BCUT2D eigenvalue weighted by Crippen LogP contribution is -2.42. The van der Waals surface area contributed by atoms with Crippen LogP contribution in [0.4, 0.5) is 8.78 Å². The van der Waals surface area contributed by atoms with E-state index in [-0.39, 0.29) is 0 Å². The van der Waals surface area contributed by atoms with Crippen LogP contribution in [-0.4, -0.2) is 23.9 Å². The van der Waals surface area contributed by atoms with E-state index in [1.54, 1.807) is 20.8 Å². The molecule has 0 heterocycles. The molecular weight excluding hydrogens is 214 g/mol. The molecule has 0 aromatic heterocycles. The SMILES string of the molecule is CC(C)(C)OC(=O)C(C)(CCl)C(F)F. The summed E-state index contributed by atoms with van der Waals surface area (Å²) < 4.78 is 29.9. The second-order valence-corrected chi connectivity index (χ2v) is 4.62. The minimum Gasteiger partial charge on any atom is -0.459 e. The van der Waals surface area contributed by atoms with Gasteiger partial charge in [-0.25, -0.2) is 8.78 Å². The molecule has 0 amide bonds. The highest BCUT2D eigenvalue weighted by Crippen LogP contribution is 2.30. The predicted octanol–water partition coefficient (Wildman–Crippen LogP) is 2.84. The Morgan fingerprint density at radius 2 is 1.79 bits per heavy atom. The zero-order valence-corrected chi connectivity index (χ0v) is 9.49. The van der Waals surface area contributed by atoms with Crippen LogP contribution in [0.2, 0.25) is 0 Å². The van der Waals surface area contributed by atoms with Crippen molar-refractivity contribution in [3.05, 3.63) is 0 Å². The lowest BCUT2D eigenvalue weighted by Gasteiger charge is -2.29. The second-order valence-electron chi connectivity index (χ2n) is 4.35. The molecule has 14 heavy (non-hydrogen) atoms. The van der Waals surface area contributed by atoms with Gasteiger partial charge in [-0.05, 0) is 27.7 Å². The van der Waals surface area contributed by atoms with Crippen LogP contribution in [-0.2, 0) is 9.53 Å². The number of ether oxygens (including phenoxy) is 1. The topological polar surface area (TPSA) is 26.3 Å². The van der Waals surface area contributed by atoms with E-state index in [1.807, 2.05) is 0 Å². The van der Waals surface area contributed by atoms with Crippen LogP contribution in [0.25, 0.3) is 0 Å². The van der Waals surface area contributed by atoms with Crippen molar-refractivity contribution in [3.8, 4) is 0 Å². The van der Waals surface area contributed by atoms with E-state index < -0.39 is 29.3 Å². The number of alkyl halides is 3. The summed E-state index contributed by atoms with van der Waals surface area (Å²) >= 11 is 5.35. The van der Waals surface area contributed by atoms with E-state index in [4.69, 9.17) is 16.3 Å². The fourth-order valence-electron chi connectivity index (χ4n) is 0.597. The molecule has 0 spiro atoms. The maximum atomic E-state index is 12.5. The van der Waals surface area contributed by atoms with Gasteiger partial charge in [0.25, 0.3) is 6.43 Å². The summed E-state index contributed by atoms with van der Waals surface area (Å²) in [6.07, 6.45) is -2.82. The van der Waals surface area contributed by atoms with E-state index in [2.05, 4.69) is 0 Å². The lowest BCUT2D eigenvalue weighted by atomic mass is 9.94. The maximum Gasteiger partial charge on any atom is 0.319 e. The fourth-order valence-corrected chi connectivity index (χ4v) is 0.822. The second kappa shape index (κ2) is 4.43. The van der Waals surface area contributed by atoms with Gasteiger partial charge in [-0.2, -0.15) is 0 Å². The third-order valence-electron chi connectivity index (χ3n) is 1.62. The Labute approximate surface area is 87.6 Å². The van der Waals surface area contributed by atoms with Crippen molar-refractivity contribution in [2.24, 2.45) is 5.41 Å². The average molecular weight is 229 g/mol. The van der Waals surface area contributed by atoms with Gasteiger partial charge in [0.2, 0.25) is 0 Å². The van der Waals surface area contributed by atoms with Crippen LogP contribution in [0.5, 0.6) is 0 Å². The van der Waals surface area contributed by atoms with Gasteiger partial charge in [0, 0.05) is 5.88 Å². The molecule has 0 rings (SSSR count). The van der Waals surface area contributed by atoms with Crippen LogP contribution >= 0.6 is 11.6 Å². The van der Waals surface area contributed by atoms with Gasteiger partial charge in [0.1, 0.15) is 11.0 Å². The van der Waals surface area contributed by atoms with Gasteiger partial charge >= 0.3 is 5.97 Å². The molecule has 0 bridgehead atoms. The summed E-state index contributed by atoms with van der Waals surface area (Å²) in [5, 5.41) is 0. The summed E-state index contributed by atoms with van der Waals surface area (Å²) in [5.41, 5.74) is -2.70. The van der Waals surface area contributed by atoms with Crippen molar-refractivity contribution in [1.29, 1.82) is 0 Å². The average Bonchev–Trinajstić information content (AvgIpc) is 1.99. The van der Waals surface area contributed by atoms with Crippen LogP contribution in [0, 0.1) is 5.41 Å².